The van der Waals surface area contributed by atoms with Gasteiger partial charge in [-0.05, 0) is 73.9 Å². The van der Waals surface area contributed by atoms with Crippen molar-refractivity contribution in [1.29, 1.82) is 0 Å². The summed E-state index contributed by atoms with van der Waals surface area (Å²) in [5.74, 6) is -0.395. The molecule has 7 nitrogen and oxygen atoms in total. The van der Waals surface area contributed by atoms with Crippen molar-refractivity contribution in [1.82, 2.24) is 5.32 Å². The van der Waals surface area contributed by atoms with Crippen molar-refractivity contribution in [2.75, 3.05) is 13.9 Å². The van der Waals surface area contributed by atoms with Crippen molar-refractivity contribution < 1.29 is 28.9 Å². The maximum atomic E-state index is 11.8. The zero-order chi connectivity index (χ0) is 19.0. The number of hydrogen-bond acceptors (Lipinski definition) is 5. The van der Waals surface area contributed by atoms with Gasteiger partial charge in [0.15, 0.2) is 6.79 Å². The summed E-state index contributed by atoms with van der Waals surface area (Å²) in [6, 6.07) is 4.57. The van der Waals surface area contributed by atoms with Crippen LogP contribution in [-0.2, 0) is 20.7 Å². The van der Waals surface area contributed by atoms with Crippen LogP contribution in [-0.4, -0.2) is 42.7 Å². The smallest absolute Gasteiger partial charge is 0.408 e. The summed E-state index contributed by atoms with van der Waals surface area (Å²) in [5, 5.41) is 11.7. The number of methoxy groups -OCH3 is 1. The highest BCUT2D eigenvalue weighted by molar-refractivity contribution is 14.1. The van der Waals surface area contributed by atoms with Gasteiger partial charge in [0.2, 0.25) is 0 Å². The van der Waals surface area contributed by atoms with Gasteiger partial charge in [0, 0.05) is 7.11 Å². The third-order valence-corrected chi connectivity index (χ3v) is 3.88. The first kappa shape index (κ1) is 21.5. The fraction of sp³-hybridized carbons (Fsp3) is 0.529. The second-order valence-corrected chi connectivity index (χ2v) is 7.55. The van der Waals surface area contributed by atoms with E-state index in [9.17, 15) is 14.7 Å². The Labute approximate surface area is 161 Å². The molecule has 140 valence electrons. The number of aliphatic carboxylic acids is 1. The van der Waals surface area contributed by atoms with E-state index in [-0.39, 0.29) is 13.2 Å². The van der Waals surface area contributed by atoms with E-state index >= 15 is 0 Å². The molecule has 25 heavy (non-hydrogen) atoms. The molecule has 1 amide bonds. The standard InChI is InChI=1S/C17H24INO6/c1-17(2,3)25-16(22)19-13(15(20)21)7-5-11-6-8-14(12(18)9-11)24-10-23-4/h6,8-9,13H,5,7,10H2,1-4H3,(H,19,22)(H,20,21)/t13-/m1/s1. The average molecular weight is 465 g/mol. The predicted octanol–water partition coefficient (Wildman–Crippen LogP) is 3.18. The van der Waals surface area contributed by atoms with Crippen molar-refractivity contribution in [3.63, 3.8) is 0 Å². The third kappa shape index (κ3) is 8.39. The van der Waals surface area contributed by atoms with Gasteiger partial charge in [-0.15, -0.1) is 0 Å². The molecule has 0 radical (unpaired) electrons. The van der Waals surface area contributed by atoms with E-state index in [0.29, 0.717) is 12.2 Å². The number of nitrogens with one attached hydrogen (secondary N) is 1. The highest BCUT2D eigenvalue weighted by atomic mass is 127. The number of carboxylic acid groups (broad SMARTS) is 1. The number of amides is 1. The molecular formula is C17H24INO6. The summed E-state index contributed by atoms with van der Waals surface area (Å²) in [7, 11) is 1.55. The summed E-state index contributed by atoms with van der Waals surface area (Å²) in [6.07, 6.45) is 0.00813. The van der Waals surface area contributed by atoms with Crippen molar-refractivity contribution in [3.05, 3.63) is 27.3 Å². The van der Waals surface area contributed by atoms with Crippen LogP contribution in [0, 0.1) is 3.57 Å². The molecule has 1 rings (SSSR count). The molecule has 1 atom stereocenters. The van der Waals surface area contributed by atoms with Gasteiger partial charge in [0.05, 0.1) is 3.57 Å². The lowest BCUT2D eigenvalue weighted by Crippen LogP contribution is -2.43. The van der Waals surface area contributed by atoms with Crippen molar-refractivity contribution in [2.24, 2.45) is 0 Å². The minimum absolute atomic E-state index is 0.163. The molecule has 0 aliphatic heterocycles. The first-order chi connectivity index (χ1) is 11.6. The lowest BCUT2D eigenvalue weighted by Gasteiger charge is -2.22. The van der Waals surface area contributed by atoms with Gasteiger partial charge in [-0.3, -0.25) is 0 Å². The Bertz CT molecular complexity index is 599. The van der Waals surface area contributed by atoms with E-state index in [4.69, 9.17) is 14.2 Å². The lowest BCUT2D eigenvalue weighted by atomic mass is 10.1. The van der Waals surface area contributed by atoms with Crippen LogP contribution in [0.2, 0.25) is 0 Å². The molecule has 1 aromatic carbocycles. The third-order valence-electron chi connectivity index (χ3n) is 3.04. The minimum atomic E-state index is -1.10. The van der Waals surface area contributed by atoms with Crippen molar-refractivity contribution in [2.45, 2.75) is 45.3 Å². The van der Waals surface area contributed by atoms with Crippen LogP contribution in [0.25, 0.3) is 0 Å². The number of halogens is 1. The molecule has 0 aliphatic carbocycles. The van der Waals surface area contributed by atoms with Crippen LogP contribution < -0.4 is 10.1 Å². The summed E-state index contributed by atoms with van der Waals surface area (Å²) in [5.41, 5.74) is 0.271. The minimum Gasteiger partial charge on any atom is -0.480 e. The first-order valence-electron chi connectivity index (χ1n) is 7.75. The fourth-order valence-corrected chi connectivity index (χ4v) is 2.69. The molecule has 0 heterocycles. The number of carbonyl (C=O) groups excluding carboxylic acids is 1. The van der Waals surface area contributed by atoms with Gasteiger partial charge in [-0.25, -0.2) is 9.59 Å². The Morgan fingerprint density at radius 2 is 2.00 bits per heavy atom. The largest absolute Gasteiger partial charge is 0.480 e. The maximum absolute atomic E-state index is 11.8. The number of benzene rings is 1. The van der Waals surface area contributed by atoms with Crippen LogP contribution in [0.1, 0.15) is 32.8 Å². The molecule has 0 fully saturated rings. The molecular weight excluding hydrogens is 441 g/mol. The van der Waals surface area contributed by atoms with Crippen LogP contribution >= 0.6 is 22.6 Å². The molecule has 8 heteroatoms. The summed E-state index contributed by atoms with van der Waals surface area (Å²) >= 11 is 2.14. The van der Waals surface area contributed by atoms with Gasteiger partial charge >= 0.3 is 12.1 Å². The van der Waals surface area contributed by atoms with Crippen molar-refractivity contribution in [3.8, 4) is 5.75 Å². The molecule has 1 aromatic rings. The average Bonchev–Trinajstić information content (AvgIpc) is 2.48. The highest BCUT2D eigenvalue weighted by Gasteiger charge is 2.23. The quantitative estimate of drug-likeness (QED) is 0.453. The number of aryl methyl sites for hydroxylation is 1. The van der Waals surface area contributed by atoms with Gasteiger partial charge < -0.3 is 24.6 Å². The second kappa shape index (κ2) is 9.81. The zero-order valence-corrected chi connectivity index (χ0v) is 17.0. The van der Waals surface area contributed by atoms with E-state index in [2.05, 4.69) is 27.9 Å². The normalized spacial score (nSPS) is 12.4. The van der Waals surface area contributed by atoms with Crippen LogP contribution in [0.3, 0.4) is 0 Å². The molecule has 0 aliphatic rings. The van der Waals surface area contributed by atoms with Crippen LogP contribution in [0.4, 0.5) is 4.79 Å². The predicted molar refractivity (Wildman–Crippen MR) is 101 cm³/mol. The van der Waals surface area contributed by atoms with E-state index < -0.39 is 23.7 Å². The Morgan fingerprint density at radius 3 is 2.52 bits per heavy atom. The highest BCUT2D eigenvalue weighted by Crippen LogP contribution is 2.23. The molecule has 0 saturated carbocycles. The molecule has 0 spiro atoms. The molecule has 0 unspecified atom stereocenters. The number of ether oxygens (including phenoxy) is 3. The molecule has 0 aromatic heterocycles. The Balaban J connectivity index is 2.64. The van der Waals surface area contributed by atoms with E-state index in [1.807, 2.05) is 18.2 Å². The van der Waals surface area contributed by atoms with Crippen molar-refractivity contribution >= 4 is 34.7 Å². The van der Waals surface area contributed by atoms with Crippen LogP contribution in [0.15, 0.2) is 18.2 Å². The fourth-order valence-electron chi connectivity index (χ4n) is 1.96. The van der Waals surface area contributed by atoms with E-state index in [0.717, 1.165) is 9.13 Å². The lowest BCUT2D eigenvalue weighted by molar-refractivity contribution is -0.139. The topological polar surface area (TPSA) is 94.1 Å². The van der Waals surface area contributed by atoms with Gasteiger partial charge in [0.25, 0.3) is 0 Å². The molecule has 2 N–H and O–H groups in total. The van der Waals surface area contributed by atoms with Gasteiger partial charge in [0.1, 0.15) is 17.4 Å². The zero-order valence-electron chi connectivity index (χ0n) is 14.8. The van der Waals surface area contributed by atoms with Crippen LogP contribution in [0.5, 0.6) is 5.75 Å². The number of alkyl carbamates (subject to hydrolysis) is 1. The van der Waals surface area contributed by atoms with E-state index in [1.54, 1.807) is 27.9 Å². The Hall–Kier alpha value is -1.55. The first-order valence-corrected chi connectivity index (χ1v) is 8.82. The Morgan fingerprint density at radius 1 is 1.32 bits per heavy atom. The summed E-state index contributed by atoms with van der Waals surface area (Å²) in [6.45, 7) is 5.32. The SMILES string of the molecule is COCOc1ccc(CC[C@@H](NC(=O)OC(C)(C)C)C(=O)O)cc1I. The monoisotopic (exact) mass is 465 g/mol. The van der Waals surface area contributed by atoms with Gasteiger partial charge in [-0.2, -0.15) is 0 Å². The number of hydrogen-bond donors (Lipinski definition) is 2. The van der Waals surface area contributed by atoms with E-state index in [1.165, 1.54) is 0 Å². The molecule has 0 saturated heterocycles. The number of rotatable bonds is 8. The Kier molecular flexibility index (Phi) is 8.43. The maximum Gasteiger partial charge on any atom is 0.408 e. The second-order valence-electron chi connectivity index (χ2n) is 6.39. The molecule has 0 bridgehead atoms. The number of carboxylic acids is 1. The van der Waals surface area contributed by atoms with Gasteiger partial charge in [-0.1, -0.05) is 6.07 Å². The summed E-state index contributed by atoms with van der Waals surface area (Å²) < 4.78 is 16.3. The summed E-state index contributed by atoms with van der Waals surface area (Å²) in [4.78, 5) is 23.1. The number of carbonyl (C=O) groups is 2.